The molecule has 3 aliphatic heterocycles. The molecule has 1 aromatic carbocycles. The molecule has 0 aliphatic carbocycles. The number of aromatic nitrogens is 2. The highest BCUT2D eigenvalue weighted by Crippen LogP contribution is 2.37. The Morgan fingerprint density at radius 3 is 2.81 bits per heavy atom. The van der Waals surface area contributed by atoms with E-state index in [1.165, 1.54) is 16.0 Å². The minimum absolute atomic E-state index is 0.111. The number of urea groups is 1. The third-order valence-corrected chi connectivity index (χ3v) is 7.86. The summed E-state index contributed by atoms with van der Waals surface area (Å²) in [5.41, 5.74) is 7.61. The van der Waals surface area contributed by atoms with E-state index in [1.54, 1.807) is 4.90 Å². The van der Waals surface area contributed by atoms with Crippen LogP contribution < -0.4 is 5.32 Å². The number of alkyl halides is 3. The van der Waals surface area contributed by atoms with Crippen molar-refractivity contribution in [2.45, 2.75) is 51.1 Å². The fourth-order valence-corrected chi connectivity index (χ4v) is 5.80. The van der Waals surface area contributed by atoms with E-state index in [-0.39, 0.29) is 25.2 Å². The molecule has 0 saturated carbocycles. The predicted molar refractivity (Wildman–Crippen MR) is 133 cm³/mol. The fourth-order valence-electron chi connectivity index (χ4n) is 5.80. The van der Waals surface area contributed by atoms with Crippen LogP contribution in [0.4, 0.5) is 18.0 Å². The highest BCUT2D eigenvalue weighted by atomic mass is 19.4. The standard InChI is InChI=1S/C27H30F3N5O2/c1-16-12-32-25-20(16)11-19(13-33-25)18-9-17-4-6-34(14-22(17)21(10-18)23-3-2-5-31-23)26(36)35-7-8-37-24(15-35)27(28,29)30/h9-13,23-24,31H,2-8,14-15H2,1H3,(H,32,33)/t23-,24-/m0/s1. The molecule has 0 radical (unpaired) electrons. The Morgan fingerprint density at radius 2 is 2.03 bits per heavy atom. The molecule has 2 amide bonds. The summed E-state index contributed by atoms with van der Waals surface area (Å²) in [6.45, 7) is 3.45. The Morgan fingerprint density at radius 1 is 1.16 bits per heavy atom. The molecule has 2 N–H and O–H groups in total. The fraction of sp³-hybridized carbons (Fsp3) is 0.481. The van der Waals surface area contributed by atoms with Gasteiger partial charge in [0.2, 0.25) is 0 Å². The number of nitrogens with one attached hydrogen (secondary N) is 2. The normalized spacial score (nSPS) is 22.5. The van der Waals surface area contributed by atoms with Gasteiger partial charge in [-0.2, -0.15) is 13.2 Å². The van der Waals surface area contributed by atoms with Crippen LogP contribution in [0, 0.1) is 6.92 Å². The molecule has 7 nitrogen and oxygen atoms in total. The van der Waals surface area contributed by atoms with Gasteiger partial charge in [0.05, 0.1) is 13.2 Å². The van der Waals surface area contributed by atoms with E-state index in [1.807, 2.05) is 12.4 Å². The van der Waals surface area contributed by atoms with E-state index in [9.17, 15) is 18.0 Å². The molecule has 5 heterocycles. The van der Waals surface area contributed by atoms with Crippen LogP contribution in [0.5, 0.6) is 0 Å². The van der Waals surface area contributed by atoms with Crippen LogP contribution in [-0.4, -0.2) is 70.9 Å². The first kappa shape index (κ1) is 24.2. The van der Waals surface area contributed by atoms with Gasteiger partial charge in [0.1, 0.15) is 5.65 Å². The monoisotopic (exact) mass is 513 g/mol. The number of ether oxygens (including phenoxy) is 1. The van der Waals surface area contributed by atoms with Gasteiger partial charge >= 0.3 is 12.2 Å². The van der Waals surface area contributed by atoms with Crippen molar-refractivity contribution in [1.82, 2.24) is 25.1 Å². The van der Waals surface area contributed by atoms with Crippen LogP contribution in [0.3, 0.4) is 0 Å². The number of hydrogen-bond donors (Lipinski definition) is 2. The maximum Gasteiger partial charge on any atom is 0.416 e. The second kappa shape index (κ2) is 9.33. The molecular formula is C27H30F3N5O2. The molecule has 0 spiro atoms. The Bertz CT molecular complexity index is 1330. The van der Waals surface area contributed by atoms with Gasteiger partial charge < -0.3 is 24.8 Å². The summed E-state index contributed by atoms with van der Waals surface area (Å²) in [5.74, 6) is 0. The lowest BCUT2D eigenvalue weighted by Gasteiger charge is -2.39. The number of nitrogens with zero attached hydrogens (tertiary/aromatic N) is 3. The molecule has 2 saturated heterocycles. The van der Waals surface area contributed by atoms with Crippen molar-refractivity contribution in [1.29, 1.82) is 0 Å². The molecule has 0 bridgehead atoms. The SMILES string of the molecule is Cc1c[nH]c2ncc(-c3cc4c(c([C@@H]5CCCN5)c3)CN(C(=O)N3CCO[C@H](C(F)(F)F)C3)CC4)cc12. The maximum atomic E-state index is 13.3. The van der Waals surface area contributed by atoms with E-state index >= 15 is 0 Å². The number of H-pyrrole nitrogens is 1. The smallest absolute Gasteiger partial charge is 0.365 e. The number of amides is 2. The van der Waals surface area contributed by atoms with Gasteiger partial charge in [-0.15, -0.1) is 0 Å². The first-order chi connectivity index (χ1) is 17.8. The Labute approximate surface area is 213 Å². The zero-order valence-electron chi connectivity index (χ0n) is 20.7. The van der Waals surface area contributed by atoms with E-state index in [4.69, 9.17) is 4.74 Å². The van der Waals surface area contributed by atoms with Gasteiger partial charge in [0.15, 0.2) is 6.10 Å². The number of pyridine rings is 1. The molecule has 37 heavy (non-hydrogen) atoms. The van der Waals surface area contributed by atoms with Gasteiger partial charge in [-0.3, -0.25) is 0 Å². The average molecular weight is 514 g/mol. The second-order valence-corrected chi connectivity index (χ2v) is 10.2. The molecular weight excluding hydrogens is 483 g/mol. The summed E-state index contributed by atoms with van der Waals surface area (Å²) in [6.07, 6.45) is 0.170. The Hall–Kier alpha value is -3.11. The third-order valence-electron chi connectivity index (χ3n) is 7.86. The van der Waals surface area contributed by atoms with Crippen molar-refractivity contribution in [2.75, 3.05) is 32.8 Å². The summed E-state index contributed by atoms with van der Waals surface area (Å²) >= 11 is 0. The number of fused-ring (bicyclic) bond motifs is 2. The van der Waals surface area contributed by atoms with Crippen LogP contribution in [0.2, 0.25) is 0 Å². The first-order valence-electron chi connectivity index (χ1n) is 12.8. The van der Waals surface area contributed by atoms with Crippen LogP contribution in [-0.2, 0) is 17.7 Å². The topological polar surface area (TPSA) is 73.5 Å². The van der Waals surface area contributed by atoms with Gasteiger partial charge in [-0.05, 0) is 72.7 Å². The van der Waals surface area contributed by atoms with Crippen molar-refractivity contribution >= 4 is 17.1 Å². The van der Waals surface area contributed by atoms with Crippen LogP contribution in [0.15, 0.2) is 30.6 Å². The van der Waals surface area contributed by atoms with Crippen LogP contribution >= 0.6 is 0 Å². The summed E-state index contributed by atoms with van der Waals surface area (Å²) in [4.78, 5) is 24.1. The van der Waals surface area contributed by atoms with Gasteiger partial charge in [-0.1, -0.05) is 6.07 Å². The molecule has 2 aromatic heterocycles. The number of halogens is 3. The molecule has 2 fully saturated rings. The molecule has 196 valence electrons. The van der Waals surface area contributed by atoms with Crippen LogP contribution in [0.1, 0.15) is 41.1 Å². The number of aryl methyl sites for hydroxylation is 1. The lowest BCUT2D eigenvalue weighted by Crippen LogP contribution is -2.55. The third kappa shape index (κ3) is 4.57. The van der Waals surface area contributed by atoms with Crippen molar-refractivity contribution < 1.29 is 22.7 Å². The summed E-state index contributed by atoms with van der Waals surface area (Å²) < 4.78 is 44.5. The quantitative estimate of drug-likeness (QED) is 0.521. The molecule has 10 heteroatoms. The molecule has 3 aromatic rings. The lowest BCUT2D eigenvalue weighted by molar-refractivity contribution is -0.234. The predicted octanol–water partition coefficient (Wildman–Crippen LogP) is 4.70. The Balaban J connectivity index is 1.31. The van der Waals surface area contributed by atoms with Gasteiger partial charge in [-0.25, -0.2) is 9.78 Å². The Kier molecular flexibility index (Phi) is 6.11. The number of morpholine rings is 1. The number of rotatable bonds is 2. The second-order valence-electron chi connectivity index (χ2n) is 10.2. The van der Waals surface area contributed by atoms with E-state index in [2.05, 4.69) is 40.4 Å². The number of hydrogen-bond acceptors (Lipinski definition) is 4. The molecule has 6 rings (SSSR count). The van der Waals surface area contributed by atoms with E-state index in [0.29, 0.717) is 19.5 Å². The van der Waals surface area contributed by atoms with Gasteiger partial charge in [0.25, 0.3) is 0 Å². The largest absolute Gasteiger partial charge is 0.416 e. The van der Waals surface area contributed by atoms with Crippen molar-refractivity contribution in [3.8, 4) is 11.1 Å². The number of carbonyl (C=O) groups excluding carboxylic acids is 1. The zero-order valence-corrected chi connectivity index (χ0v) is 20.7. The van der Waals surface area contributed by atoms with E-state index in [0.717, 1.165) is 52.7 Å². The van der Waals surface area contributed by atoms with Crippen molar-refractivity contribution in [2.24, 2.45) is 0 Å². The highest BCUT2D eigenvalue weighted by molar-refractivity contribution is 5.84. The van der Waals surface area contributed by atoms with Gasteiger partial charge in [0, 0.05) is 49.0 Å². The summed E-state index contributed by atoms with van der Waals surface area (Å²) in [7, 11) is 0. The molecule has 3 aliphatic rings. The van der Waals surface area contributed by atoms with Crippen molar-refractivity contribution in [3.05, 3.63) is 52.8 Å². The summed E-state index contributed by atoms with van der Waals surface area (Å²) in [6, 6.07) is 6.39. The number of carbonyl (C=O) groups is 1. The average Bonchev–Trinajstić information content (AvgIpc) is 3.57. The maximum absolute atomic E-state index is 13.3. The number of benzene rings is 1. The summed E-state index contributed by atoms with van der Waals surface area (Å²) in [5, 5.41) is 4.68. The van der Waals surface area contributed by atoms with E-state index < -0.39 is 18.8 Å². The minimum atomic E-state index is -4.48. The highest BCUT2D eigenvalue weighted by Gasteiger charge is 2.45. The van der Waals surface area contributed by atoms with Crippen molar-refractivity contribution in [3.63, 3.8) is 0 Å². The lowest BCUT2D eigenvalue weighted by atomic mass is 9.87. The van der Waals surface area contributed by atoms with Crippen LogP contribution in [0.25, 0.3) is 22.2 Å². The molecule has 2 atom stereocenters. The minimum Gasteiger partial charge on any atom is -0.365 e. The molecule has 0 unspecified atom stereocenters. The number of aromatic amines is 1. The zero-order chi connectivity index (χ0) is 25.7. The first-order valence-corrected chi connectivity index (χ1v) is 12.8.